The Bertz CT molecular complexity index is 642. The van der Waals surface area contributed by atoms with Crippen LogP contribution in [0.1, 0.15) is 25.0 Å². The van der Waals surface area contributed by atoms with Gasteiger partial charge >= 0.3 is 0 Å². The summed E-state index contributed by atoms with van der Waals surface area (Å²) in [6, 6.07) is 8.83. The summed E-state index contributed by atoms with van der Waals surface area (Å²) in [4.78, 5) is 11.2. The summed E-state index contributed by atoms with van der Waals surface area (Å²) >= 11 is 3.54. The topological polar surface area (TPSA) is 41.1 Å². The Morgan fingerprint density at radius 1 is 1.24 bits per heavy atom. The van der Waals surface area contributed by atoms with Crippen molar-refractivity contribution >= 4 is 27.7 Å². The van der Waals surface area contributed by atoms with Crippen LogP contribution in [0, 0.1) is 0 Å². The van der Waals surface area contributed by atoms with Gasteiger partial charge in [0.1, 0.15) is 5.82 Å². The lowest BCUT2D eigenvalue weighted by Crippen LogP contribution is -2.31. The molecule has 1 aromatic carbocycles. The smallest absolute Gasteiger partial charge is 0.224 e. The van der Waals surface area contributed by atoms with Crippen LogP contribution in [0.3, 0.4) is 0 Å². The van der Waals surface area contributed by atoms with Crippen molar-refractivity contribution in [3.63, 3.8) is 0 Å². The lowest BCUT2D eigenvalue weighted by Gasteiger charge is -2.30. The molecule has 2 heterocycles. The Labute approximate surface area is 133 Å². The predicted octanol–water partition coefficient (Wildman–Crippen LogP) is 3.62. The van der Waals surface area contributed by atoms with Crippen LogP contribution in [0.15, 0.2) is 34.9 Å². The molecular weight excluding hydrogens is 328 g/mol. The van der Waals surface area contributed by atoms with Gasteiger partial charge < -0.3 is 10.2 Å². The fraction of sp³-hybridized carbons (Fsp3) is 0.375. The van der Waals surface area contributed by atoms with Crippen molar-refractivity contribution in [2.75, 3.05) is 16.8 Å². The number of benzene rings is 1. The fourth-order valence-electron chi connectivity index (χ4n) is 2.57. The summed E-state index contributed by atoms with van der Waals surface area (Å²) in [5, 5.41) is 3.26. The second-order valence-corrected chi connectivity index (χ2v) is 6.54. The van der Waals surface area contributed by atoms with E-state index in [2.05, 4.69) is 68.2 Å². The highest BCUT2D eigenvalue weighted by molar-refractivity contribution is 9.10. The molecule has 1 N–H and O–H groups in total. The van der Waals surface area contributed by atoms with E-state index >= 15 is 0 Å². The Morgan fingerprint density at radius 2 is 2.10 bits per heavy atom. The predicted molar refractivity (Wildman–Crippen MR) is 89.7 cm³/mol. The molecule has 0 spiro atoms. The molecule has 0 saturated carbocycles. The minimum absolute atomic E-state index is 0.333. The molecule has 4 nitrogen and oxygen atoms in total. The first kappa shape index (κ1) is 14.3. The molecule has 21 heavy (non-hydrogen) atoms. The molecule has 3 rings (SSSR count). The zero-order valence-corrected chi connectivity index (χ0v) is 13.9. The molecule has 5 heteroatoms. The molecule has 1 aliphatic rings. The molecular formula is C16H19BrN4. The fourth-order valence-corrected chi connectivity index (χ4v) is 2.98. The second kappa shape index (κ2) is 6.02. The number of fused-ring (bicyclic) bond motifs is 1. The average Bonchev–Trinajstić information content (AvgIpc) is 2.46. The van der Waals surface area contributed by atoms with E-state index < -0.39 is 0 Å². The number of halogens is 1. The minimum Gasteiger partial charge on any atom is -0.352 e. The number of rotatable bonds is 3. The Kier molecular flexibility index (Phi) is 4.10. The highest BCUT2D eigenvalue weighted by Gasteiger charge is 2.18. The van der Waals surface area contributed by atoms with Gasteiger partial charge in [-0.05, 0) is 49.6 Å². The number of anilines is 2. The van der Waals surface area contributed by atoms with E-state index in [0.29, 0.717) is 12.0 Å². The minimum atomic E-state index is 0.333. The molecule has 0 aliphatic carbocycles. The molecule has 0 radical (unpaired) electrons. The highest BCUT2D eigenvalue weighted by atomic mass is 79.9. The summed E-state index contributed by atoms with van der Waals surface area (Å²) in [5.41, 5.74) is 2.80. The van der Waals surface area contributed by atoms with Crippen LogP contribution < -0.4 is 10.2 Å². The summed E-state index contributed by atoms with van der Waals surface area (Å²) in [6.45, 7) is 6.07. The molecule has 0 saturated heterocycles. The van der Waals surface area contributed by atoms with Crippen LogP contribution in [0.4, 0.5) is 11.8 Å². The van der Waals surface area contributed by atoms with Gasteiger partial charge in [-0.1, -0.05) is 22.0 Å². The van der Waals surface area contributed by atoms with Crippen molar-refractivity contribution < 1.29 is 0 Å². The van der Waals surface area contributed by atoms with Crippen molar-refractivity contribution in [3.8, 4) is 0 Å². The second-order valence-electron chi connectivity index (χ2n) is 5.62. The third-order valence-corrected chi connectivity index (χ3v) is 4.06. The van der Waals surface area contributed by atoms with Crippen molar-refractivity contribution in [2.24, 2.45) is 0 Å². The molecule has 0 unspecified atom stereocenters. The number of aromatic nitrogens is 2. The summed E-state index contributed by atoms with van der Waals surface area (Å²) < 4.78 is 1.15. The normalized spacial score (nSPS) is 14.2. The molecule has 110 valence electrons. The molecule has 0 amide bonds. The standard InChI is InChI=1S/C16H19BrN4/c1-11(2)19-16-18-7-5-15(20-16)21-8-6-12-9-14(17)4-3-13(12)10-21/h3-5,7,9,11H,6,8,10H2,1-2H3,(H,18,19,20). The van der Waals surface area contributed by atoms with Crippen molar-refractivity contribution in [1.82, 2.24) is 9.97 Å². The van der Waals surface area contributed by atoms with Gasteiger partial charge in [0.05, 0.1) is 0 Å². The average molecular weight is 347 g/mol. The SMILES string of the molecule is CC(C)Nc1nccc(N2CCc3cc(Br)ccc3C2)n1. The Hall–Kier alpha value is -1.62. The maximum absolute atomic E-state index is 4.62. The van der Waals surface area contributed by atoms with Crippen LogP contribution in [-0.4, -0.2) is 22.6 Å². The highest BCUT2D eigenvalue weighted by Crippen LogP contribution is 2.25. The van der Waals surface area contributed by atoms with Crippen LogP contribution in [0.2, 0.25) is 0 Å². The summed E-state index contributed by atoms with van der Waals surface area (Å²) in [5.74, 6) is 1.69. The third kappa shape index (κ3) is 3.35. The third-order valence-electron chi connectivity index (χ3n) is 3.56. The van der Waals surface area contributed by atoms with Gasteiger partial charge in [0.25, 0.3) is 0 Å². The molecule has 0 atom stereocenters. The quantitative estimate of drug-likeness (QED) is 0.921. The Morgan fingerprint density at radius 3 is 2.90 bits per heavy atom. The van der Waals surface area contributed by atoms with E-state index in [1.165, 1.54) is 11.1 Å². The molecule has 1 aromatic heterocycles. The first-order valence-electron chi connectivity index (χ1n) is 7.23. The van der Waals surface area contributed by atoms with Crippen molar-refractivity contribution in [3.05, 3.63) is 46.1 Å². The Balaban J connectivity index is 1.81. The monoisotopic (exact) mass is 346 g/mol. The number of hydrogen-bond donors (Lipinski definition) is 1. The summed E-state index contributed by atoms with van der Waals surface area (Å²) in [6.07, 6.45) is 2.87. The van der Waals surface area contributed by atoms with Crippen LogP contribution >= 0.6 is 15.9 Å². The van der Waals surface area contributed by atoms with Crippen LogP contribution in [-0.2, 0) is 13.0 Å². The summed E-state index contributed by atoms with van der Waals surface area (Å²) in [7, 11) is 0. The van der Waals surface area contributed by atoms with Gasteiger partial charge in [0, 0.05) is 29.8 Å². The van der Waals surface area contributed by atoms with Crippen LogP contribution in [0.5, 0.6) is 0 Å². The van der Waals surface area contributed by atoms with Gasteiger partial charge in [-0.3, -0.25) is 0 Å². The first-order valence-corrected chi connectivity index (χ1v) is 8.03. The maximum Gasteiger partial charge on any atom is 0.224 e. The van der Waals surface area contributed by atoms with Gasteiger partial charge in [-0.25, -0.2) is 4.98 Å². The number of nitrogens with zero attached hydrogens (tertiary/aromatic N) is 3. The van der Waals surface area contributed by atoms with Gasteiger partial charge in [0.2, 0.25) is 5.95 Å². The molecule has 0 fully saturated rings. The van der Waals surface area contributed by atoms with E-state index in [1.807, 2.05) is 12.3 Å². The number of hydrogen-bond acceptors (Lipinski definition) is 4. The van der Waals surface area contributed by atoms with Crippen LogP contribution in [0.25, 0.3) is 0 Å². The van der Waals surface area contributed by atoms with Gasteiger partial charge in [-0.2, -0.15) is 4.98 Å². The van der Waals surface area contributed by atoms with E-state index in [0.717, 1.165) is 29.8 Å². The van der Waals surface area contributed by atoms with E-state index in [1.54, 1.807) is 0 Å². The van der Waals surface area contributed by atoms with Gasteiger partial charge in [0.15, 0.2) is 0 Å². The molecule has 1 aliphatic heterocycles. The largest absolute Gasteiger partial charge is 0.352 e. The lowest BCUT2D eigenvalue weighted by molar-refractivity contribution is 0.718. The lowest BCUT2D eigenvalue weighted by atomic mass is 10.00. The van der Waals surface area contributed by atoms with Crippen molar-refractivity contribution in [2.45, 2.75) is 32.9 Å². The van der Waals surface area contributed by atoms with E-state index in [-0.39, 0.29) is 0 Å². The number of nitrogens with one attached hydrogen (secondary N) is 1. The maximum atomic E-state index is 4.62. The first-order chi connectivity index (χ1) is 10.1. The zero-order valence-electron chi connectivity index (χ0n) is 12.3. The van der Waals surface area contributed by atoms with Gasteiger partial charge in [-0.15, -0.1) is 0 Å². The van der Waals surface area contributed by atoms with E-state index in [9.17, 15) is 0 Å². The van der Waals surface area contributed by atoms with E-state index in [4.69, 9.17) is 0 Å². The molecule has 0 bridgehead atoms. The molecule has 2 aromatic rings. The zero-order chi connectivity index (χ0) is 14.8. The van der Waals surface area contributed by atoms with Crippen molar-refractivity contribution in [1.29, 1.82) is 0 Å².